The van der Waals surface area contributed by atoms with Gasteiger partial charge in [-0.05, 0) is 59.3 Å². The fourth-order valence-corrected chi connectivity index (χ4v) is 4.06. The SMILES string of the molecule is COC(=O)C12CCC(n3cc(C(=O)OC(C)(C)C)cn3)(CC1)CC2. The molecule has 3 fully saturated rings. The van der Waals surface area contributed by atoms with Crippen molar-refractivity contribution in [1.29, 1.82) is 0 Å². The summed E-state index contributed by atoms with van der Waals surface area (Å²) in [6.45, 7) is 5.55. The normalized spacial score (nSPS) is 29.3. The molecule has 6 heteroatoms. The number of carbonyl (C=O) groups is 2. The zero-order valence-electron chi connectivity index (χ0n) is 14.9. The van der Waals surface area contributed by atoms with Crippen molar-refractivity contribution in [2.75, 3.05) is 7.11 Å². The summed E-state index contributed by atoms with van der Waals surface area (Å²) in [6.07, 6.45) is 8.50. The van der Waals surface area contributed by atoms with Crippen molar-refractivity contribution in [3.63, 3.8) is 0 Å². The molecule has 0 saturated heterocycles. The number of fused-ring (bicyclic) bond motifs is 3. The number of methoxy groups -OCH3 is 1. The molecular weight excluding hydrogens is 308 g/mol. The van der Waals surface area contributed by atoms with Gasteiger partial charge in [0.2, 0.25) is 0 Å². The van der Waals surface area contributed by atoms with Crippen LogP contribution in [-0.4, -0.2) is 34.4 Å². The Kier molecular flexibility index (Phi) is 3.97. The fourth-order valence-electron chi connectivity index (χ4n) is 4.06. The molecule has 1 aromatic rings. The molecular formula is C18H26N2O4. The van der Waals surface area contributed by atoms with E-state index in [4.69, 9.17) is 9.47 Å². The summed E-state index contributed by atoms with van der Waals surface area (Å²) in [7, 11) is 1.47. The minimum atomic E-state index is -0.521. The van der Waals surface area contributed by atoms with Gasteiger partial charge in [0.1, 0.15) is 5.60 Å². The highest BCUT2D eigenvalue weighted by molar-refractivity contribution is 5.89. The molecule has 0 atom stereocenters. The molecule has 0 unspecified atom stereocenters. The average molecular weight is 334 g/mol. The smallest absolute Gasteiger partial charge is 0.341 e. The van der Waals surface area contributed by atoms with Crippen LogP contribution in [0.2, 0.25) is 0 Å². The Bertz CT molecular complexity index is 632. The summed E-state index contributed by atoms with van der Waals surface area (Å²) < 4.78 is 12.3. The zero-order chi connectivity index (χ0) is 17.6. The third kappa shape index (κ3) is 2.82. The lowest BCUT2D eigenvalue weighted by Gasteiger charge is -2.51. The number of nitrogens with zero attached hydrogens (tertiary/aromatic N) is 2. The monoisotopic (exact) mass is 334 g/mol. The first-order chi connectivity index (χ1) is 11.2. The first kappa shape index (κ1) is 17.0. The highest BCUT2D eigenvalue weighted by Gasteiger charge is 2.54. The van der Waals surface area contributed by atoms with Crippen LogP contribution in [0.15, 0.2) is 12.4 Å². The number of esters is 2. The molecule has 3 saturated carbocycles. The van der Waals surface area contributed by atoms with Gasteiger partial charge in [0.05, 0.1) is 29.8 Å². The second-order valence-corrected chi connectivity index (χ2v) is 8.17. The molecule has 132 valence electrons. The third-order valence-corrected chi connectivity index (χ3v) is 5.53. The van der Waals surface area contributed by atoms with Gasteiger partial charge < -0.3 is 9.47 Å². The fraction of sp³-hybridized carbons (Fsp3) is 0.722. The average Bonchev–Trinajstić information content (AvgIpc) is 3.05. The van der Waals surface area contributed by atoms with E-state index in [-0.39, 0.29) is 22.9 Å². The maximum Gasteiger partial charge on any atom is 0.341 e. The molecule has 3 aliphatic carbocycles. The lowest BCUT2D eigenvalue weighted by atomic mass is 9.57. The van der Waals surface area contributed by atoms with Crippen molar-refractivity contribution in [3.8, 4) is 0 Å². The second-order valence-electron chi connectivity index (χ2n) is 8.17. The standard InChI is InChI=1S/C18H26N2O4/c1-16(2,3)24-14(21)13-11-19-20(12-13)18-8-5-17(6-9-18,7-10-18)15(22)23-4/h11-12H,5-10H2,1-4H3. The predicted molar refractivity (Wildman–Crippen MR) is 87.5 cm³/mol. The first-order valence-corrected chi connectivity index (χ1v) is 8.57. The lowest BCUT2D eigenvalue weighted by Crippen LogP contribution is -2.51. The van der Waals surface area contributed by atoms with Crippen molar-refractivity contribution in [1.82, 2.24) is 9.78 Å². The highest BCUT2D eigenvalue weighted by atomic mass is 16.6. The molecule has 0 amide bonds. The summed E-state index contributed by atoms with van der Waals surface area (Å²) in [4.78, 5) is 24.3. The molecule has 3 aliphatic rings. The van der Waals surface area contributed by atoms with Gasteiger partial charge in [0.15, 0.2) is 0 Å². The van der Waals surface area contributed by atoms with Gasteiger partial charge in [-0.1, -0.05) is 0 Å². The first-order valence-electron chi connectivity index (χ1n) is 8.57. The number of hydrogen-bond donors (Lipinski definition) is 0. The summed E-state index contributed by atoms with van der Waals surface area (Å²) in [5.74, 6) is -0.425. The maximum absolute atomic E-state index is 12.2. The van der Waals surface area contributed by atoms with Gasteiger partial charge in [-0.15, -0.1) is 0 Å². The molecule has 2 bridgehead atoms. The van der Waals surface area contributed by atoms with E-state index in [1.165, 1.54) is 7.11 Å². The Hall–Kier alpha value is -1.85. The Morgan fingerprint density at radius 1 is 1.12 bits per heavy atom. The van der Waals surface area contributed by atoms with Crippen molar-refractivity contribution in [3.05, 3.63) is 18.0 Å². The van der Waals surface area contributed by atoms with Crippen LogP contribution in [0.3, 0.4) is 0 Å². The molecule has 0 aromatic carbocycles. The number of aromatic nitrogens is 2. The third-order valence-electron chi connectivity index (χ3n) is 5.53. The summed E-state index contributed by atoms with van der Waals surface area (Å²) in [5, 5.41) is 4.45. The topological polar surface area (TPSA) is 70.4 Å². The van der Waals surface area contributed by atoms with Gasteiger partial charge in [-0.2, -0.15) is 5.10 Å². The van der Waals surface area contributed by atoms with E-state index in [2.05, 4.69) is 5.10 Å². The molecule has 0 N–H and O–H groups in total. The largest absolute Gasteiger partial charge is 0.469 e. The van der Waals surface area contributed by atoms with Crippen LogP contribution in [0.5, 0.6) is 0 Å². The second kappa shape index (κ2) is 5.60. The van der Waals surface area contributed by atoms with Gasteiger partial charge in [0.25, 0.3) is 0 Å². The van der Waals surface area contributed by atoms with Crippen LogP contribution in [0.25, 0.3) is 0 Å². The van der Waals surface area contributed by atoms with E-state index >= 15 is 0 Å². The van der Waals surface area contributed by atoms with E-state index in [0.29, 0.717) is 5.56 Å². The van der Waals surface area contributed by atoms with Crippen molar-refractivity contribution >= 4 is 11.9 Å². The van der Waals surface area contributed by atoms with E-state index in [1.807, 2.05) is 25.5 Å². The van der Waals surface area contributed by atoms with Crippen LogP contribution < -0.4 is 0 Å². The van der Waals surface area contributed by atoms with Gasteiger partial charge in [-0.25, -0.2) is 4.79 Å². The molecule has 0 spiro atoms. The van der Waals surface area contributed by atoms with Crippen LogP contribution in [0.1, 0.15) is 69.7 Å². The summed E-state index contributed by atoms with van der Waals surface area (Å²) in [6, 6.07) is 0. The van der Waals surface area contributed by atoms with Crippen molar-refractivity contribution in [2.45, 2.75) is 70.4 Å². The van der Waals surface area contributed by atoms with E-state index < -0.39 is 5.60 Å². The Morgan fingerprint density at radius 3 is 2.21 bits per heavy atom. The number of carbonyl (C=O) groups excluding carboxylic acids is 2. The highest BCUT2D eigenvalue weighted by Crippen LogP contribution is 2.55. The van der Waals surface area contributed by atoms with Crippen LogP contribution in [0, 0.1) is 5.41 Å². The van der Waals surface area contributed by atoms with Crippen molar-refractivity contribution < 1.29 is 19.1 Å². The summed E-state index contributed by atoms with van der Waals surface area (Å²) >= 11 is 0. The number of rotatable bonds is 3. The minimum absolute atomic E-state index is 0.0780. The van der Waals surface area contributed by atoms with Gasteiger partial charge in [-0.3, -0.25) is 9.48 Å². The zero-order valence-corrected chi connectivity index (χ0v) is 14.9. The number of ether oxygens (including phenoxy) is 2. The van der Waals surface area contributed by atoms with Crippen LogP contribution >= 0.6 is 0 Å². The van der Waals surface area contributed by atoms with E-state index in [1.54, 1.807) is 12.4 Å². The predicted octanol–water partition coefficient (Wildman–Crippen LogP) is 3.06. The molecule has 1 aromatic heterocycles. The van der Waals surface area contributed by atoms with Gasteiger partial charge >= 0.3 is 11.9 Å². The van der Waals surface area contributed by atoms with Gasteiger partial charge in [0, 0.05) is 6.20 Å². The summed E-state index contributed by atoms with van der Waals surface area (Å²) in [5.41, 5.74) is -0.435. The quantitative estimate of drug-likeness (QED) is 0.795. The van der Waals surface area contributed by atoms with Crippen LogP contribution in [0.4, 0.5) is 0 Å². The van der Waals surface area contributed by atoms with Crippen LogP contribution in [-0.2, 0) is 19.8 Å². The van der Waals surface area contributed by atoms with E-state index in [0.717, 1.165) is 38.5 Å². The molecule has 1 heterocycles. The molecule has 24 heavy (non-hydrogen) atoms. The van der Waals surface area contributed by atoms with Crippen molar-refractivity contribution in [2.24, 2.45) is 5.41 Å². The molecule has 0 radical (unpaired) electrons. The molecule has 0 aliphatic heterocycles. The Morgan fingerprint density at radius 2 is 1.71 bits per heavy atom. The maximum atomic E-state index is 12.2. The Labute approximate surface area is 142 Å². The number of hydrogen-bond acceptors (Lipinski definition) is 5. The Balaban J connectivity index is 1.76. The van der Waals surface area contributed by atoms with E-state index in [9.17, 15) is 9.59 Å². The molecule has 4 rings (SSSR count). The lowest BCUT2D eigenvalue weighted by molar-refractivity contribution is -0.162. The minimum Gasteiger partial charge on any atom is -0.469 e. The molecule has 6 nitrogen and oxygen atoms in total.